The number of carbonyl (C=O) groups is 1. The molecule has 0 radical (unpaired) electrons. The van der Waals surface area contributed by atoms with Gasteiger partial charge in [0.05, 0.1) is 18.6 Å². The number of hydrogen-bond donors (Lipinski definition) is 0. The molecule has 1 aliphatic carbocycles. The molecule has 0 saturated carbocycles. The zero-order valence-electron chi connectivity index (χ0n) is 4.13. The monoisotopic (exact) mass is 108 g/mol. The third kappa shape index (κ3) is 0.904. The molecular formula is C6H4O2. The minimum atomic E-state index is -0.225. The van der Waals surface area contributed by atoms with E-state index in [0.29, 0.717) is 0 Å². The summed E-state index contributed by atoms with van der Waals surface area (Å²) in [6.45, 7) is 0. The van der Waals surface area contributed by atoms with E-state index in [2.05, 4.69) is 0 Å². The lowest BCUT2D eigenvalue weighted by Gasteiger charge is -1.98. The normalized spacial score (nSPS) is 17.5. The molecule has 0 bridgehead atoms. The van der Waals surface area contributed by atoms with Crippen LogP contribution >= 0.6 is 0 Å². The van der Waals surface area contributed by atoms with Crippen molar-refractivity contribution >= 4 is 5.78 Å². The van der Waals surface area contributed by atoms with E-state index in [1.807, 2.05) is 0 Å². The summed E-state index contributed by atoms with van der Waals surface area (Å²) in [7, 11) is 0. The van der Waals surface area contributed by atoms with E-state index in [-0.39, 0.29) is 11.5 Å². The summed E-state index contributed by atoms with van der Waals surface area (Å²) >= 11 is 0. The fraction of sp³-hybridized carbons (Fsp3) is 0. The van der Waals surface area contributed by atoms with Crippen LogP contribution in [0.2, 0.25) is 0 Å². The van der Waals surface area contributed by atoms with Gasteiger partial charge in [0.15, 0.2) is 0 Å². The maximum atomic E-state index is 10.3. The van der Waals surface area contributed by atoms with Gasteiger partial charge in [0.2, 0.25) is 0 Å². The maximum Gasteiger partial charge on any atom is 0.284 e. The van der Waals surface area contributed by atoms with E-state index >= 15 is 0 Å². The smallest absolute Gasteiger partial charge is 0.284 e. The Labute approximate surface area is 47.1 Å². The molecule has 0 unspecified atom stereocenters. The number of carbonyl (C=O) groups excluding carboxylic acids is 1. The Morgan fingerprint density at radius 3 is 2.75 bits per heavy atom. The van der Waals surface area contributed by atoms with E-state index in [4.69, 9.17) is 0 Å². The molecule has 0 aromatic heterocycles. The fourth-order valence-electron chi connectivity index (χ4n) is 0.474. The highest BCUT2D eigenvalue weighted by Crippen LogP contribution is 1.98. The molecule has 0 spiro atoms. The minimum absolute atomic E-state index is 0.225. The topological polar surface area (TPSA) is 40.1 Å². The molecule has 0 amide bonds. The lowest BCUT2D eigenvalue weighted by molar-refractivity contribution is -0.295. The summed E-state index contributed by atoms with van der Waals surface area (Å²) in [5.41, 5.74) is 0. The molecule has 0 aromatic rings. The summed E-state index contributed by atoms with van der Waals surface area (Å²) in [6, 6.07) is 0. The molecule has 2 heteroatoms. The molecule has 0 N–H and O–H groups in total. The molecule has 0 fully saturated rings. The van der Waals surface area contributed by atoms with Gasteiger partial charge in [0, 0.05) is 11.8 Å². The first-order valence-electron chi connectivity index (χ1n) is 2.23. The molecule has 2 nitrogen and oxygen atoms in total. The van der Waals surface area contributed by atoms with Crippen molar-refractivity contribution in [2.45, 2.75) is 0 Å². The molecule has 40 valence electrons. The first kappa shape index (κ1) is 4.97. The predicted octanol–water partition coefficient (Wildman–Crippen LogP) is -0.426. The quantitative estimate of drug-likeness (QED) is 0.395. The van der Waals surface area contributed by atoms with Crippen LogP contribution in [0, 0.1) is 6.42 Å². The Balaban J connectivity index is 2.77. The Bertz CT molecular complexity index is 165. The Kier molecular flexibility index (Phi) is 1.08. The molecule has 0 heterocycles. The molecule has 0 atom stereocenters. The van der Waals surface area contributed by atoms with Crippen molar-refractivity contribution < 1.29 is 9.90 Å². The summed E-state index contributed by atoms with van der Waals surface area (Å²) in [5, 5.41) is 10.3. The van der Waals surface area contributed by atoms with E-state index in [1.165, 1.54) is 18.6 Å². The molecule has 1 aliphatic rings. The van der Waals surface area contributed by atoms with Crippen molar-refractivity contribution in [1.29, 1.82) is 0 Å². The van der Waals surface area contributed by atoms with Crippen molar-refractivity contribution in [1.82, 2.24) is 0 Å². The average molecular weight is 108 g/mol. The molecule has 0 saturated heterocycles. The second-order valence-electron chi connectivity index (χ2n) is 1.47. The van der Waals surface area contributed by atoms with Crippen LogP contribution in [0.4, 0.5) is 0 Å². The predicted molar refractivity (Wildman–Crippen MR) is 26.5 cm³/mol. The third-order valence-corrected chi connectivity index (χ3v) is 0.806. The summed E-state index contributed by atoms with van der Waals surface area (Å²) in [5.74, 6) is -0.449. The number of rotatable bonds is 0. The van der Waals surface area contributed by atoms with E-state index in [1.54, 1.807) is 0 Å². The van der Waals surface area contributed by atoms with Crippen LogP contribution in [0.15, 0.2) is 24.0 Å². The third-order valence-electron chi connectivity index (χ3n) is 0.806. The summed E-state index contributed by atoms with van der Waals surface area (Å²) in [4.78, 5) is 10.3. The maximum absolute atomic E-state index is 10.3. The summed E-state index contributed by atoms with van der Waals surface area (Å²) < 4.78 is 0. The number of ketones is 1. The van der Waals surface area contributed by atoms with Crippen LogP contribution < -0.4 is 5.11 Å². The SMILES string of the molecule is O=C1C=C([O-])C=C[CH+]1. The van der Waals surface area contributed by atoms with Crippen molar-refractivity contribution in [3.8, 4) is 0 Å². The first-order chi connectivity index (χ1) is 3.79. The van der Waals surface area contributed by atoms with Gasteiger partial charge >= 0.3 is 0 Å². The Morgan fingerprint density at radius 2 is 2.38 bits per heavy atom. The van der Waals surface area contributed by atoms with Gasteiger partial charge in [-0.25, -0.2) is 0 Å². The second-order valence-corrected chi connectivity index (χ2v) is 1.47. The van der Waals surface area contributed by atoms with Crippen LogP contribution in [-0.2, 0) is 4.79 Å². The van der Waals surface area contributed by atoms with Gasteiger partial charge in [-0.2, -0.15) is 0 Å². The zero-order valence-corrected chi connectivity index (χ0v) is 4.13. The molecule has 8 heavy (non-hydrogen) atoms. The van der Waals surface area contributed by atoms with Crippen molar-refractivity contribution in [3.63, 3.8) is 0 Å². The van der Waals surface area contributed by atoms with Gasteiger partial charge in [-0.1, -0.05) is 0 Å². The minimum Gasteiger partial charge on any atom is -0.852 e. The van der Waals surface area contributed by atoms with Gasteiger partial charge in [-0.05, 0) is 0 Å². The molecule has 0 aliphatic heterocycles. The van der Waals surface area contributed by atoms with Gasteiger partial charge in [0.25, 0.3) is 5.78 Å². The van der Waals surface area contributed by atoms with Crippen LogP contribution in [0.25, 0.3) is 0 Å². The van der Waals surface area contributed by atoms with Gasteiger partial charge in [0.1, 0.15) is 0 Å². The lowest BCUT2D eigenvalue weighted by Crippen LogP contribution is -2.07. The number of allylic oxidation sites excluding steroid dienone is 3. The van der Waals surface area contributed by atoms with E-state index in [9.17, 15) is 9.90 Å². The molecule has 1 rings (SSSR count). The average Bonchev–Trinajstić information content (AvgIpc) is 1.64. The van der Waals surface area contributed by atoms with Crippen molar-refractivity contribution in [2.75, 3.05) is 0 Å². The van der Waals surface area contributed by atoms with Gasteiger partial charge in [-0.3, -0.25) is 4.79 Å². The van der Waals surface area contributed by atoms with Crippen LogP contribution in [0.1, 0.15) is 0 Å². The van der Waals surface area contributed by atoms with Crippen LogP contribution in [-0.4, -0.2) is 5.78 Å². The molecular weight excluding hydrogens is 104 g/mol. The van der Waals surface area contributed by atoms with E-state index in [0.717, 1.165) is 6.08 Å². The van der Waals surface area contributed by atoms with Crippen molar-refractivity contribution in [2.24, 2.45) is 0 Å². The van der Waals surface area contributed by atoms with Crippen molar-refractivity contribution in [3.05, 3.63) is 30.4 Å². The molecule has 0 aromatic carbocycles. The Hall–Kier alpha value is -1.18. The largest absolute Gasteiger partial charge is 0.852 e. The van der Waals surface area contributed by atoms with Gasteiger partial charge < -0.3 is 5.11 Å². The first-order valence-corrected chi connectivity index (χ1v) is 2.23. The highest BCUT2D eigenvalue weighted by atomic mass is 16.3. The highest BCUT2D eigenvalue weighted by molar-refractivity contribution is 6.00. The number of hydrogen-bond acceptors (Lipinski definition) is 2. The Morgan fingerprint density at radius 1 is 1.62 bits per heavy atom. The summed E-state index contributed by atoms with van der Waals surface area (Å²) in [6.07, 6.45) is 5.20. The van der Waals surface area contributed by atoms with E-state index < -0.39 is 0 Å². The van der Waals surface area contributed by atoms with Crippen LogP contribution in [0.5, 0.6) is 0 Å². The zero-order chi connectivity index (χ0) is 5.98. The van der Waals surface area contributed by atoms with Crippen LogP contribution in [0.3, 0.4) is 0 Å². The van der Waals surface area contributed by atoms with Gasteiger partial charge in [-0.15, -0.1) is 0 Å². The fourth-order valence-corrected chi connectivity index (χ4v) is 0.474. The standard InChI is InChI=1S/C6H4O2/c7-5-2-1-3-6(8)4-5/h1-4H. The lowest BCUT2D eigenvalue weighted by atomic mass is 10.1. The highest BCUT2D eigenvalue weighted by Gasteiger charge is 2.05. The second kappa shape index (κ2) is 1.74.